The standard InChI is InChI=1S/C21H23ClN2O3/c1-14-6-9-16(10-7-14)23(2)21(26)18-5-4-12-24(18)20(25)17-13-15(22)8-11-19(17)27-3/h6-11,13,18H,4-5,12H2,1-3H3. The van der Waals surface area contributed by atoms with Crippen molar-refractivity contribution in [3.8, 4) is 5.75 Å². The van der Waals surface area contributed by atoms with E-state index in [9.17, 15) is 9.59 Å². The second-order valence-electron chi connectivity index (χ2n) is 6.73. The molecule has 27 heavy (non-hydrogen) atoms. The Bertz CT molecular complexity index is 851. The van der Waals surface area contributed by atoms with Gasteiger partial charge in [-0.2, -0.15) is 0 Å². The number of nitrogens with zero attached hydrogens (tertiary/aromatic N) is 2. The van der Waals surface area contributed by atoms with Gasteiger partial charge in [-0.1, -0.05) is 29.3 Å². The molecule has 2 aromatic rings. The molecule has 0 spiro atoms. The van der Waals surface area contributed by atoms with E-state index in [0.717, 1.165) is 17.7 Å². The molecule has 1 unspecified atom stereocenters. The maximum atomic E-state index is 13.1. The molecule has 1 aliphatic rings. The molecule has 0 aromatic heterocycles. The Morgan fingerprint density at radius 3 is 2.56 bits per heavy atom. The predicted molar refractivity (Wildman–Crippen MR) is 107 cm³/mol. The largest absolute Gasteiger partial charge is 0.496 e. The lowest BCUT2D eigenvalue weighted by Crippen LogP contribution is -2.46. The molecule has 142 valence electrons. The first kappa shape index (κ1) is 19.2. The topological polar surface area (TPSA) is 49.9 Å². The molecule has 2 amide bonds. The van der Waals surface area contributed by atoms with E-state index in [4.69, 9.17) is 16.3 Å². The van der Waals surface area contributed by atoms with E-state index >= 15 is 0 Å². The van der Waals surface area contributed by atoms with Gasteiger partial charge in [-0.05, 0) is 50.1 Å². The third-order valence-corrected chi connectivity index (χ3v) is 5.18. The summed E-state index contributed by atoms with van der Waals surface area (Å²) in [5.74, 6) is 0.127. The van der Waals surface area contributed by atoms with Crippen molar-refractivity contribution in [3.05, 3.63) is 58.6 Å². The lowest BCUT2D eigenvalue weighted by molar-refractivity contribution is -0.121. The van der Waals surface area contributed by atoms with E-state index in [1.54, 1.807) is 35.0 Å². The van der Waals surface area contributed by atoms with Crippen LogP contribution >= 0.6 is 11.6 Å². The molecule has 0 bridgehead atoms. The summed E-state index contributed by atoms with van der Waals surface area (Å²) in [5.41, 5.74) is 2.32. The molecule has 5 nitrogen and oxygen atoms in total. The predicted octanol–water partition coefficient (Wildman–Crippen LogP) is 3.92. The lowest BCUT2D eigenvalue weighted by Gasteiger charge is -2.28. The zero-order chi connectivity index (χ0) is 19.6. The Morgan fingerprint density at radius 2 is 1.89 bits per heavy atom. The van der Waals surface area contributed by atoms with Crippen LogP contribution in [-0.2, 0) is 4.79 Å². The van der Waals surface area contributed by atoms with Gasteiger partial charge in [-0.25, -0.2) is 0 Å². The van der Waals surface area contributed by atoms with E-state index in [1.165, 1.54) is 7.11 Å². The molecule has 1 atom stereocenters. The van der Waals surface area contributed by atoms with Crippen molar-refractivity contribution in [1.82, 2.24) is 4.90 Å². The molecular formula is C21H23ClN2O3. The SMILES string of the molecule is COc1ccc(Cl)cc1C(=O)N1CCCC1C(=O)N(C)c1ccc(C)cc1. The number of halogens is 1. The smallest absolute Gasteiger partial charge is 0.258 e. The van der Waals surface area contributed by atoms with Crippen LogP contribution in [0.25, 0.3) is 0 Å². The van der Waals surface area contributed by atoms with Crippen LogP contribution in [0.2, 0.25) is 5.02 Å². The second kappa shape index (κ2) is 8.01. The maximum absolute atomic E-state index is 13.1. The molecular weight excluding hydrogens is 364 g/mol. The first-order valence-electron chi connectivity index (χ1n) is 8.91. The van der Waals surface area contributed by atoms with Crippen LogP contribution < -0.4 is 9.64 Å². The van der Waals surface area contributed by atoms with Gasteiger partial charge in [0.1, 0.15) is 11.8 Å². The lowest BCUT2D eigenvalue weighted by atomic mass is 10.1. The van der Waals surface area contributed by atoms with E-state index < -0.39 is 6.04 Å². The summed E-state index contributed by atoms with van der Waals surface area (Å²) in [6, 6.07) is 12.2. The first-order chi connectivity index (χ1) is 12.9. The number of amides is 2. The van der Waals surface area contributed by atoms with Crippen molar-refractivity contribution in [2.45, 2.75) is 25.8 Å². The number of carbonyl (C=O) groups is 2. The Balaban J connectivity index is 1.84. The number of aryl methyl sites for hydroxylation is 1. The average Bonchev–Trinajstić information content (AvgIpc) is 3.16. The summed E-state index contributed by atoms with van der Waals surface area (Å²) in [6.07, 6.45) is 1.43. The van der Waals surface area contributed by atoms with Crippen molar-refractivity contribution >= 4 is 29.1 Å². The molecule has 1 fully saturated rings. The number of likely N-dealkylation sites (tertiary alicyclic amines) is 1. The quantitative estimate of drug-likeness (QED) is 0.800. The van der Waals surface area contributed by atoms with Crippen LogP contribution in [-0.4, -0.2) is 43.5 Å². The van der Waals surface area contributed by atoms with Crippen molar-refractivity contribution in [2.24, 2.45) is 0 Å². The molecule has 1 heterocycles. The highest BCUT2D eigenvalue weighted by Crippen LogP contribution is 2.29. The van der Waals surface area contributed by atoms with Gasteiger partial charge in [-0.3, -0.25) is 9.59 Å². The van der Waals surface area contributed by atoms with Crippen LogP contribution in [0.15, 0.2) is 42.5 Å². The van der Waals surface area contributed by atoms with Crippen LogP contribution in [0.1, 0.15) is 28.8 Å². The van der Waals surface area contributed by atoms with Crippen molar-refractivity contribution < 1.29 is 14.3 Å². The maximum Gasteiger partial charge on any atom is 0.258 e. The van der Waals surface area contributed by atoms with Crippen molar-refractivity contribution in [3.63, 3.8) is 0 Å². The van der Waals surface area contributed by atoms with Gasteiger partial charge in [0.25, 0.3) is 5.91 Å². The zero-order valence-corrected chi connectivity index (χ0v) is 16.5. The minimum atomic E-state index is -0.493. The van der Waals surface area contributed by atoms with E-state index in [0.29, 0.717) is 29.3 Å². The number of benzene rings is 2. The molecule has 3 rings (SSSR count). The molecule has 0 N–H and O–H groups in total. The van der Waals surface area contributed by atoms with Gasteiger partial charge >= 0.3 is 0 Å². The second-order valence-corrected chi connectivity index (χ2v) is 7.17. The summed E-state index contributed by atoms with van der Waals surface area (Å²) in [6.45, 7) is 2.54. The number of methoxy groups -OCH3 is 1. The van der Waals surface area contributed by atoms with Crippen molar-refractivity contribution in [2.75, 3.05) is 25.6 Å². The molecule has 1 aliphatic heterocycles. The monoisotopic (exact) mass is 386 g/mol. The normalized spacial score (nSPS) is 16.3. The van der Waals surface area contributed by atoms with Gasteiger partial charge in [0.15, 0.2) is 0 Å². The third kappa shape index (κ3) is 3.93. The van der Waals surface area contributed by atoms with Gasteiger partial charge in [0, 0.05) is 24.3 Å². The zero-order valence-electron chi connectivity index (χ0n) is 15.7. The fourth-order valence-corrected chi connectivity index (χ4v) is 3.56. The fourth-order valence-electron chi connectivity index (χ4n) is 3.39. The van der Waals surface area contributed by atoms with Crippen LogP contribution in [0, 0.1) is 6.92 Å². The summed E-state index contributed by atoms with van der Waals surface area (Å²) in [4.78, 5) is 29.4. The number of hydrogen-bond donors (Lipinski definition) is 0. The van der Waals surface area contributed by atoms with Crippen molar-refractivity contribution in [1.29, 1.82) is 0 Å². The number of ether oxygens (including phenoxy) is 1. The van der Waals surface area contributed by atoms with E-state index in [1.807, 2.05) is 31.2 Å². The average molecular weight is 387 g/mol. The van der Waals surface area contributed by atoms with Gasteiger partial charge in [-0.15, -0.1) is 0 Å². The summed E-state index contributed by atoms with van der Waals surface area (Å²) in [7, 11) is 3.26. The third-order valence-electron chi connectivity index (χ3n) is 4.94. The molecule has 0 aliphatic carbocycles. The number of anilines is 1. The highest BCUT2D eigenvalue weighted by atomic mass is 35.5. The van der Waals surface area contributed by atoms with Gasteiger partial charge in [0.2, 0.25) is 5.91 Å². The van der Waals surface area contributed by atoms with E-state index in [2.05, 4.69) is 0 Å². The van der Waals surface area contributed by atoms with Gasteiger partial charge in [0.05, 0.1) is 12.7 Å². The minimum Gasteiger partial charge on any atom is -0.496 e. The number of rotatable bonds is 4. The van der Waals surface area contributed by atoms with Gasteiger partial charge < -0.3 is 14.5 Å². The molecule has 1 saturated heterocycles. The Morgan fingerprint density at radius 1 is 1.19 bits per heavy atom. The first-order valence-corrected chi connectivity index (χ1v) is 9.29. The fraction of sp³-hybridized carbons (Fsp3) is 0.333. The molecule has 2 aromatic carbocycles. The number of carbonyl (C=O) groups excluding carboxylic acids is 2. The van der Waals surface area contributed by atoms with Crippen LogP contribution in [0.5, 0.6) is 5.75 Å². The summed E-state index contributed by atoms with van der Waals surface area (Å²) >= 11 is 6.07. The highest BCUT2D eigenvalue weighted by Gasteiger charge is 2.37. The van der Waals surface area contributed by atoms with E-state index in [-0.39, 0.29) is 11.8 Å². The Kier molecular flexibility index (Phi) is 5.71. The molecule has 0 saturated carbocycles. The van der Waals surface area contributed by atoms with Crippen LogP contribution in [0.3, 0.4) is 0 Å². The Hall–Kier alpha value is -2.53. The highest BCUT2D eigenvalue weighted by molar-refractivity contribution is 6.31. The summed E-state index contributed by atoms with van der Waals surface area (Å²) < 4.78 is 5.30. The number of likely N-dealkylation sites (N-methyl/N-ethyl adjacent to an activating group) is 1. The summed E-state index contributed by atoms with van der Waals surface area (Å²) in [5, 5.41) is 0.456. The molecule has 6 heteroatoms. The van der Waals surface area contributed by atoms with Crippen LogP contribution in [0.4, 0.5) is 5.69 Å². The Labute approximate surface area is 164 Å². The number of hydrogen-bond acceptors (Lipinski definition) is 3. The minimum absolute atomic E-state index is 0.0919. The molecule has 0 radical (unpaired) electrons.